The largest absolute Gasteiger partial charge is 0.508 e. The third kappa shape index (κ3) is 5.37. The second kappa shape index (κ2) is 12.0. The molecule has 0 bridgehead atoms. The molecule has 6 heteroatoms. The van der Waals surface area contributed by atoms with Gasteiger partial charge < -0.3 is 15.3 Å². The highest BCUT2D eigenvalue weighted by molar-refractivity contribution is 6.22. The number of imide groups is 1. The van der Waals surface area contributed by atoms with Crippen LogP contribution in [0.25, 0.3) is 11.6 Å². The smallest absolute Gasteiger partial charge is 0.238 e. The molecule has 3 aromatic rings. The maximum Gasteiger partial charge on any atom is 0.238 e. The van der Waals surface area contributed by atoms with E-state index in [0.29, 0.717) is 36.9 Å². The van der Waals surface area contributed by atoms with Gasteiger partial charge in [0.1, 0.15) is 5.75 Å². The molecule has 5 rings (SSSR count). The van der Waals surface area contributed by atoms with Gasteiger partial charge in [0.2, 0.25) is 11.8 Å². The summed E-state index contributed by atoms with van der Waals surface area (Å²) in [5.41, 5.74) is 5.05. The Hall–Kier alpha value is -4.00. The zero-order valence-electron chi connectivity index (χ0n) is 22.6. The molecule has 6 nitrogen and oxygen atoms in total. The van der Waals surface area contributed by atoms with E-state index >= 15 is 0 Å². The maximum absolute atomic E-state index is 13.6. The van der Waals surface area contributed by atoms with E-state index in [9.17, 15) is 24.9 Å². The van der Waals surface area contributed by atoms with E-state index in [4.69, 9.17) is 0 Å². The van der Waals surface area contributed by atoms with Gasteiger partial charge in [0.15, 0.2) is 0 Å². The highest BCUT2D eigenvalue weighted by Gasteiger charge is 2.55. The standard InChI is InChI=1S/C34H35NO5/c1-2-23-20-28-32(34(40)35(33(28)39)26-13-7-4-8-14-26)29(21-36)31(23)30(38)17-16-25(24-11-5-3-6-12-24)18-22-10-9-15-27(37)19-22/h3-15,18-19,28-30,32,36-38H,2,16-17,20-21H2,1H3/b25-18-/t28-,29+,30-,32-/m1/s1. The molecule has 1 aliphatic carbocycles. The minimum Gasteiger partial charge on any atom is -0.508 e. The lowest BCUT2D eigenvalue weighted by molar-refractivity contribution is -0.123. The average Bonchev–Trinajstić information content (AvgIpc) is 3.23. The number of para-hydroxylation sites is 1. The van der Waals surface area contributed by atoms with Crippen molar-refractivity contribution in [1.29, 1.82) is 0 Å². The van der Waals surface area contributed by atoms with Crippen LogP contribution in [0.3, 0.4) is 0 Å². The highest BCUT2D eigenvalue weighted by Crippen LogP contribution is 2.48. The maximum atomic E-state index is 13.6. The van der Waals surface area contributed by atoms with Crippen LogP contribution in [0.2, 0.25) is 0 Å². The van der Waals surface area contributed by atoms with Crippen LogP contribution in [-0.2, 0) is 9.59 Å². The van der Waals surface area contributed by atoms with Crippen LogP contribution in [0.5, 0.6) is 5.75 Å². The van der Waals surface area contributed by atoms with Crippen LogP contribution >= 0.6 is 0 Å². The molecule has 1 heterocycles. The lowest BCUT2D eigenvalue weighted by Gasteiger charge is -2.36. The van der Waals surface area contributed by atoms with Gasteiger partial charge in [-0.15, -0.1) is 0 Å². The van der Waals surface area contributed by atoms with E-state index in [1.165, 1.54) is 4.90 Å². The number of hydrogen-bond acceptors (Lipinski definition) is 5. The predicted octanol–water partition coefficient (Wildman–Crippen LogP) is 5.60. The van der Waals surface area contributed by atoms with Crippen LogP contribution < -0.4 is 4.90 Å². The summed E-state index contributed by atoms with van der Waals surface area (Å²) in [7, 11) is 0. The van der Waals surface area contributed by atoms with Gasteiger partial charge in [-0.3, -0.25) is 14.5 Å². The monoisotopic (exact) mass is 537 g/mol. The molecule has 0 spiro atoms. The Bertz CT molecular complexity index is 1430. The van der Waals surface area contributed by atoms with Crippen molar-refractivity contribution in [2.75, 3.05) is 11.5 Å². The molecule has 4 atom stereocenters. The molecule has 3 aromatic carbocycles. The first-order valence-corrected chi connectivity index (χ1v) is 13.9. The van der Waals surface area contributed by atoms with Crippen molar-refractivity contribution < 1.29 is 24.9 Å². The lowest BCUT2D eigenvalue weighted by Crippen LogP contribution is -2.39. The van der Waals surface area contributed by atoms with Crippen molar-refractivity contribution in [3.63, 3.8) is 0 Å². The Morgan fingerprint density at radius 3 is 2.33 bits per heavy atom. The van der Waals surface area contributed by atoms with Crippen molar-refractivity contribution in [1.82, 2.24) is 0 Å². The quantitative estimate of drug-likeness (QED) is 0.188. The Balaban J connectivity index is 1.43. The summed E-state index contributed by atoms with van der Waals surface area (Å²) in [6, 6.07) is 25.8. The second-order valence-electron chi connectivity index (χ2n) is 10.6. The van der Waals surface area contributed by atoms with E-state index in [-0.39, 0.29) is 24.2 Å². The highest BCUT2D eigenvalue weighted by atomic mass is 16.3. The number of anilines is 1. The minimum atomic E-state index is -0.877. The van der Waals surface area contributed by atoms with Crippen LogP contribution in [0.1, 0.15) is 43.7 Å². The molecule has 0 aromatic heterocycles. The minimum absolute atomic E-state index is 0.182. The first-order valence-electron chi connectivity index (χ1n) is 13.9. The van der Waals surface area contributed by atoms with E-state index < -0.39 is 23.9 Å². The molecule has 40 heavy (non-hydrogen) atoms. The zero-order valence-corrected chi connectivity index (χ0v) is 22.6. The summed E-state index contributed by atoms with van der Waals surface area (Å²) in [5, 5.41) is 32.1. The van der Waals surface area contributed by atoms with Crippen molar-refractivity contribution in [3.8, 4) is 5.75 Å². The number of aliphatic hydroxyl groups excluding tert-OH is 2. The van der Waals surface area contributed by atoms with Crippen LogP contribution in [-0.4, -0.2) is 39.8 Å². The fourth-order valence-electron chi connectivity index (χ4n) is 6.35. The number of nitrogens with zero attached hydrogens (tertiary/aromatic N) is 1. The topological polar surface area (TPSA) is 98.1 Å². The summed E-state index contributed by atoms with van der Waals surface area (Å²) in [6.45, 7) is 1.67. The van der Waals surface area contributed by atoms with Crippen molar-refractivity contribution in [2.24, 2.45) is 17.8 Å². The number of phenolic OH excluding ortho intramolecular Hbond substituents is 1. The number of hydrogen-bond donors (Lipinski definition) is 3. The summed E-state index contributed by atoms with van der Waals surface area (Å²) >= 11 is 0. The second-order valence-corrected chi connectivity index (χ2v) is 10.6. The third-order valence-electron chi connectivity index (χ3n) is 8.22. The molecular weight excluding hydrogens is 502 g/mol. The van der Waals surface area contributed by atoms with Gasteiger partial charge in [0.05, 0.1) is 30.2 Å². The van der Waals surface area contributed by atoms with Gasteiger partial charge in [-0.25, -0.2) is 0 Å². The number of phenols is 1. The van der Waals surface area contributed by atoms with Crippen molar-refractivity contribution in [3.05, 3.63) is 107 Å². The van der Waals surface area contributed by atoms with Gasteiger partial charge >= 0.3 is 0 Å². The van der Waals surface area contributed by atoms with Gasteiger partial charge in [0.25, 0.3) is 0 Å². The summed E-state index contributed by atoms with van der Waals surface area (Å²) in [5.74, 6) is -2.23. The number of aliphatic hydroxyl groups is 2. The predicted molar refractivity (Wildman–Crippen MR) is 156 cm³/mol. The van der Waals surface area contributed by atoms with E-state index in [1.807, 2.05) is 55.5 Å². The molecule has 1 aliphatic heterocycles. The van der Waals surface area contributed by atoms with E-state index in [0.717, 1.165) is 22.3 Å². The molecule has 0 unspecified atom stereocenters. The molecule has 0 radical (unpaired) electrons. The normalized spacial score (nSPS) is 22.0. The molecule has 3 N–H and O–H groups in total. The Kier molecular flexibility index (Phi) is 8.29. The number of rotatable bonds is 9. The van der Waals surface area contributed by atoms with E-state index in [1.54, 1.807) is 42.5 Å². The number of aromatic hydroxyl groups is 1. The van der Waals surface area contributed by atoms with Crippen LogP contribution in [0.4, 0.5) is 5.69 Å². The average molecular weight is 538 g/mol. The fraction of sp³-hybridized carbons (Fsp3) is 0.294. The third-order valence-corrected chi connectivity index (χ3v) is 8.22. The first-order chi connectivity index (χ1) is 19.4. The van der Waals surface area contributed by atoms with Gasteiger partial charge in [-0.2, -0.15) is 0 Å². The number of fused-ring (bicyclic) bond motifs is 1. The zero-order chi connectivity index (χ0) is 28.2. The van der Waals surface area contributed by atoms with Crippen molar-refractivity contribution in [2.45, 2.75) is 38.7 Å². The molecule has 0 saturated carbocycles. The molecule has 1 fully saturated rings. The van der Waals surface area contributed by atoms with Crippen molar-refractivity contribution >= 4 is 29.2 Å². The number of carbonyl (C=O) groups excluding carboxylic acids is 2. The number of benzene rings is 3. The van der Waals surface area contributed by atoms with E-state index in [2.05, 4.69) is 0 Å². The Morgan fingerprint density at radius 1 is 0.975 bits per heavy atom. The van der Waals surface area contributed by atoms with Gasteiger partial charge in [-0.05, 0) is 72.2 Å². The van der Waals surface area contributed by atoms with Gasteiger partial charge in [-0.1, -0.05) is 79.2 Å². The van der Waals surface area contributed by atoms with Gasteiger partial charge in [0, 0.05) is 5.92 Å². The number of allylic oxidation sites excluding steroid dienone is 2. The SMILES string of the molecule is CCC1=C([C@H](O)CC/C(=C/c2cccc(O)c2)c2ccccc2)[C@H](CO)[C@@H]2C(=O)N(c3ccccc3)C(=O)[C@@H]2C1. The lowest BCUT2D eigenvalue weighted by atomic mass is 9.67. The first kappa shape index (κ1) is 27.6. The molecule has 206 valence electrons. The van der Waals surface area contributed by atoms with Crippen LogP contribution in [0, 0.1) is 17.8 Å². The number of amides is 2. The summed E-state index contributed by atoms with van der Waals surface area (Å²) < 4.78 is 0. The summed E-state index contributed by atoms with van der Waals surface area (Å²) in [4.78, 5) is 28.3. The molecular formula is C34H35NO5. The fourth-order valence-corrected chi connectivity index (χ4v) is 6.35. The Morgan fingerprint density at radius 2 is 1.68 bits per heavy atom. The summed E-state index contributed by atoms with van der Waals surface area (Å²) in [6.07, 6.45) is 3.09. The number of carbonyl (C=O) groups is 2. The molecule has 1 saturated heterocycles. The Labute approximate surface area is 234 Å². The van der Waals surface area contributed by atoms with Crippen LogP contribution in [0.15, 0.2) is 96.1 Å². The molecule has 2 aliphatic rings. The molecule has 2 amide bonds.